The zero-order chi connectivity index (χ0) is 15.0. The summed E-state index contributed by atoms with van der Waals surface area (Å²) in [6, 6.07) is 4.78. The fourth-order valence-electron chi connectivity index (χ4n) is 3.23. The third-order valence-electron chi connectivity index (χ3n) is 4.46. The zero-order valence-corrected chi connectivity index (χ0v) is 12.6. The van der Waals surface area contributed by atoms with Crippen LogP contribution in [-0.4, -0.2) is 38.8 Å². The number of aromatic nitrogens is 2. The Labute approximate surface area is 124 Å². The van der Waals surface area contributed by atoms with Crippen molar-refractivity contribution in [2.24, 2.45) is 5.92 Å². The van der Waals surface area contributed by atoms with Gasteiger partial charge in [0.15, 0.2) is 0 Å². The minimum absolute atomic E-state index is 0.245. The van der Waals surface area contributed by atoms with Gasteiger partial charge in [-0.2, -0.15) is 0 Å². The lowest BCUT2D eigenvalue weighted by atomic mass is 10.0. The lowest BCUT2D eigenvalue weighted by Crippen LogP contribution is -2.25. The van der Waals surface area contributed by atoms with Crippen LogP contribution in [0.15, 0.2) is 18.2 Å². The molecule has 1 aliphatic heterocycles. The van der Waals surface area contributed by atoms with Crippen molar-refractivity contribution >= 4 is 11.0 Å². The first-order valence-corrected chi connectivity index (χ1v) is 7.63. The first-order valence-electron chi connectivity index (χ1n) is 7.63. The van der Waals surface area contributed by atoms with Crippen LogP contribution in [0.1, 0.15) is 26.1 Å². The Morgan fingerprint density at radius 3 is 2.95 bits per heavy atom. The zero-order valence-electron chi connectivity index (χ0n) is 12.6. The van der Waals surface area contributed by atoms with Crippen molar-refractivity contribution in [2.45, 2.75) is 39.5 Å². The molecule has 0 saturated carbocycles. The van der Waals surface area contributed by atoms with E-state index in [0.717, 1.165) is 49.5 Å². The molecule has 0 spiro atoms. The van der Waals surface area contributed by atoms with Crippen LogP contribution in [0.2, 0.25) is 0 Å². The molecular weight excluding hydrogens is 269 g/mol. The molecule has 5 heteroatoms. The maximum Gasteiger partial charge on any atom is 0.125 e. The maximum absolute atomic E-state index is 13.3. The van der Waals surface area contributed by atoms with E-state index in [9.17, 15) is 9.50 Å². The first kappa shape index (κ1) is 14.5. The molecular formula is C16H22FN3O. The number of hydrogen-bond acceptors (Lipinski definition) is 3. The number of rotatable bonds is 4. The SMILES string of the molecule is CCn1c(CN2CCC(C(C)O)C2)nc2cc(F)ccc21. The van der Waals surface area contributed by atoms with Crippen LogP contribution in [0.3, 0.4) is 0 Å². The molecule has 2 aromatic rings. The predicted molar refractivity (Wildman–Crippen MR) is 80.4 cm³/mol. The third-order valence-corrected chi connectivity index (χ3v) is 4.46. The first-order chi connectivity index (χ1) is 10.1. The van der Waals surface area contributed by atoms with Crippen molar-refractivity contribution in [1.82, 2.24) is 14.5 Å². The minimum Gasteiger partial charge on any atom is -0.393 e. The highest BCUT2D eigenvalue weighted by molar-refractivity contribution is 5.76. The summed E-state index contributed by atoms with van der Waals surface area (Å²) in [5.41, 5.74) is 1.71. The molecule has 0 aliphatic carbocycles. The molecule has 1 saturated heterocycles. The summed E-state index contributed by atoms with van der Waals surface area (Å²) in [5, 5.41) is 9.69. The number of likely N-dealkylation sites (tertiary alicyclic amines) is 1. The molecule has 1 N–H and O–H groups in total. The fourth-order valence-corrected chi connectivity index (χ4v) is 3.23. The molecule has 1 fully saturated rings. The largest absolute Gasteiger partial charge is 0.393 e. The van der Waals surface area contributed by atoms with E-state index in [0.29, 0.717) is 5.92 Å². The summed E-state index contributed by atoms with van der Waals surface area (Å²) in [6.07, 6.45) is 0.771. The number of benzene rings is 1. The van der Waals surface area contributed by atoms with Crippen LogP contribution >= 0.6 is 0 Å². The number of fused-ring (bicyclic) bond motifs is 1. The van der Waals surface area contributed by atoms with E-state index < -0.39 is 0 Å². The van der Waals surface area contributed by atoms with Gasteiger partial charge in [0.2, 0.25) is 0 Å². The highest BCUT2D eigenvalue weighted by atomic mass is 19.1. The van der Waals surface area contributed by atoms with Crippen LogP contribution in [-0.2, 0) is 13.1 Å². The number of imidazole rings is 1. The molecule has 2 unspecified atom stereocenters. The van der Waals surface area contributed by atoms with Gasteiger partial charge in [-0.05, 0) is 44.9 Å². The molecule has 1 aromatic heterocycles. The molecule has 2 atom stereocenters. The Morgan fingerprint density at radius 2 is 2.29 bits per heavy atom. The van der Waals surface area contributed by atoms with Crippen molar-refractivity contribution in [3.63, 3.8) is 0 Å². The number of aliphatic hydroxyl groups excluding tert-OH is 1. The van der Waals surface area contributed by atoms with Gasteiger partial charge in [-0.1, -0.05) is 0 Å². The van der Waals surface area contributed by atoms with Crippen molar-refractivity contribution in [2.75, 3.05) is 13.1 Å². The smallest absolute Gasteiger partial charge is 0.125 e. The van der Waals surface area contributed by atoms with Crippen LogP contribution in [0.25, 0.3) is 11.0 Å². The normalized spacial score (nSPS) is 21.2. The number of aryl methyl sites for hydroxylation is 1. The minimum atomic E-state index is -0.255. The van der Waals surface area contributed by atoms with Gasteiger partial charge in [0.1, 0.15) is 11.6 Å². The summed E-state index contributed by atoms with van der Waals surface area (Å²) in [7, 11) is 0. The lowest BCUT2D eigenvalue weighted by Gasteiger charge is -2.17. The molecule has 114 valence electrons. The van der Waals surface area contributed by atoms with Crippen molar-refractivity contribution in [3.05, 3.63) is 29.8 Å². The van der Waals surface area contributed by atoms with Gasteiger partial charge in [0.25, 0.3) is 0 Å². The van der Waals surface area contributed by atoms with Gasteiger partial charge in [-0.3, -0.25) is 4.90 Å². The Bertz CT molecular complexity index is 638. The van der Waals surface area contributed by atoms with Gasteiger partial charge in [0, 0.05) is 19.2 Å². The van der Waals surface area contributed by atoms with E-state index in [4.69, 9.17) is 0 Å². The molecule has 21 heavy (non-hydrogen) atoms. The standard InChI is InChI=1S/C16H22FN3O/c1-3-20-15-5-4-13(17)8-14(15)18-16(20)10-19-7-6-12(9-19)11(2)21/h4-5,8,11-12,21H,3,6-7,9-10H2,1-2H3. The van der Waals surface area contributed by atoms with E-state index in [1.807, 2.05) is 6.92 Å². The van der Waals surface area contributed by atoms with Gasteiger partial charge in [-0.25, -0.2) is 9.37 Å². The monoisotopic (exact) mass is 291 g/mol. The number of halogens is 1. The van der Waals surface area contributed by atoms with E-state index in [1.165, 1.54) is 12.1 Å². The van der Waals surface area contributed by atoms with E-state index in [2.05, 4.69) is 21.4 Å². The van der Waals surface area contributed by atoms with Crippen molar-refractivity contribution < 1.29 is 9.50 Å². The van der Waals surface area contributed by atoms with E-state index in [-0.39, 0.29) is 11.9 Å². The molecule has 1 aromatic carbocycles. The predicted octanol–water partition coefficient (Wildman–Crippen LogP) is 2.40. The van der Waals surface area contributed by atoms with E-state index in [1.54, 1.807) is 6.07 Å². The van der Waals surface area contributed by atoms with Crippen molar-refractivity contribution in [1.29, 1.82) is 0 Å². The summed E-state index contributed by atoms with van der Waals surface area (Å²) >= 11 is 0. The van der Waals surface area contributed by atoms with Crippen LogP contribution in [0.4, 0.5) is 4.39 Å². The topological polar surface area (TPSA) is 41.3 Å². The second-order valence-electron chi connectivity index (χ2n) is 5.93. The van der Waals surface area contributed by atoms with Crippen molar-refractivity contribution in [3.8, 4) is 0 Å². The molecule has 1 aliphatic rings. The van der Waals surface area contributed by atoms with E-state index >= 15 is 0 Å². The van der Waals surface area contributed by atoms with Crippen LogP contribution < -0.4 is 0 Å². The molecule has 0 bridgehead atoms. The van der Waals surface area contributed by atoms with Gasteiger partial charge >= 0.3 is 0 Å². The third kappa shape index (κ3) is 2.80. The molecule has 2 heterocycles. The Hall–Kier alpha value is -1.46. The van der Waals surface area contributed by atoms with Crippen LogP contribution in [0.5, 0.6) is 0 Å². The maximum atomic E-state index is 13.3. The Morgan fingerprint density at radius 1 is 1.48 bits per heavy atom. The summed E-state index contributed by atoms with van der Waals surface area (Å²) in [6.45, 7) is 7.41. The Balaban J connectivity index is 1.84. The average molecular weight is 291 g/mol. The highest BCUT2D eigenvalue weighted by Crippen LogP contribution is 2.23. The average Bonchev–Trinajstić information content (AvgIpc) is 3.02. The van der Waals surface area contributed by atoms with Crippen LogP contribution in [0, 0.1) is 11.7 Å². The van der Waals surface area contributed by atoms with Gasteiger partial charge < -0.3 is 9.67 Å². The van der Waals surface area contributed by atoms with Gasteiger partial charge in [0.05, 0.1) is 23.7 Å². The Kier molecular flexibility index (Phi) is 3.95. The second-order valence-corrected chi connectivity index (χ2v) is 5.93. The highest BCUT2D eigenvalue weighted by Gasteiger charge is 2.27. The fraction of sp³-hybridized carbons (Fsp3) is 0.562. The molecule has 0 amide bonds. The second kappa shape index (κ2) is 5.73. The lowest BCUT2D eigenvalue weighted by molar-refractivity contribution is 0.127. The number of nitrogens with zero attached hydrogens (tertiary/aromatic N) is 3. The number of hydrogen-bond donors (Lipinski definition) is 1. The summed E-state index contributed by atoms with van der Waals surface area (Å²) in [5.74, 6) is 1.08. The molecule has 0 radical (unpaired) electrons. The quantitative estimate of drug-likeness (QED) is 0.940. The summed E-state index contributed by atoms with van der Waals surface area (Å²) < 4.78 is 15.5. The molecule has 4 nitrogen and oxygen atoms in total. The van der Waals surface area contributed by atoms with Gasteiger partial charge in [-0.15, -0.1) is 0 Å². The molecule has 3 rings (SSSR count). The summed E-state index contributed by atoms with van der Waals surface area (Å²) in [4.78, 5) is 6.92. The number of aliphatic hydroxyl groups is 1.